The molecule has 1 aliphatic heterocycles. The van der Waals surface area contributed by atoms with Crippen molar-refractivity contribution in [3.63, 3.8) is 0 Å². The Balaban J connectivity index is 1.62. The van der Waals surface area contributed by atoms with Crippen molar-refractivity contribution < 1.29 is 0 Å². The van der Waals surface area contributed by atoms with Gasteiger partial charge in [-0.2, -0.15) is 0 Å². The van der Waals surface area contributed by atoms with E-state index in [1.807, 2.05) is 0 Å². The van der Waals surface area contributed by atoms with Crippen molar-refractivity contribution in [2.24, 2.45) is 11.7 Å². The number of benzene rings is 1. The molecule has 0 bridgehead atoms. The highest BCUT2D eigenvalue weighted by atomic mass is 15.2. The highest BCUT2D eigenvalue weighted by molar-refractivity contribution is 5.21. The summed E-state index contributed by atoms with van der Waals surface area (Å²) in [5.41, 5.74) is 7.24. The van der Waals surface area contributed by atoms with E-state index in [9.17, 15) is 0 Å². The van der Waals surface area contributed by atoms with Crippen molar-refractivity contribution in [3.8, 4) is 0 Å². The third kappa shape index (κ3) is 3.81. The summed E-state index contributed by atoms with van der Waals surface area (Å²) in [5.74, 6) is 1.60. The molecule has 0 spiro atoms. The van der Waals surface area contributed by atoms with Crippen LogP contribution in [0.15, 0.2) is 30.3 Å². The van der Waals surface area contributed by atoms with Gasteiger partial charge >= 0.3 is 0 Å². The van der Waals surface area contributed by atoms with Gasteiger partial charge in [-0.25, -0.2) is 0 Å². The van der Waals surface area contributed by atoms with Crippen molar-refractivity contribution in [2.75, 3.05) is 32.7 Å². The number of nitrogens with one attached hydrogen (secondary N) is 1. The van der Waals surface area contributed by atoms with E-state index < -0.39 is 0 Å². The molecule has 110 valence electrons. The van der Waals surface area contributed by atoms with Crippen LogP contribution in [-0.2, 0) is 0 Å². The average molecular weight is 273 g/mol. The number of nitrogens with zero attached hydrogens (tertiary/aromatic N) is 1. The average Bonchev–Trinajstić information content (AvgIpc) is 3.30. The number of piperidine rings is 1. The van der Waals surface area contributed by atoms with Gasteiger partial charge in [0.2, 0.25) is 0 Å². The van der Waals surface area contributed by atoms with E-state index in [-0.39, 0.29) is 0 Å². The molecule has 2 fully saturated rings. The van der Waals surface area contributed by atoms with E-state index in [2.05, 4.69) is 40.5 Å². The molecule has 1 heterocycles. The summed E-state index contributed by atoms with van der Waals surface area (Å²) in [6.45, 7) is 5.31. The highest BCUT2D eigenvalue weighted by Gasteiger charge is 2.29. The van der Waals surface area contributed by atoms with Gasteiger partial charge in [-0.05, 0) is 43.2 Å². The lowest BCUT2D eigenvalue weighted by molar-refractivity contribution is 0.175. The van der Waals surface area contributed by atoms with Gasteiger partial charge in [0.05, 0.1) is 0 Å². The van der Waals surface area contributed by atoms with Crippen molar-refractivity contribution in [2.45, 2.75) is 31.2 Å². The second-order valence-corrected chi connectivity index (χ2v) is 6.44. The molecule has 20 heavy (non-hydrogen) atoms. The van der Waals surface area contributed by atoms with Gasteiger partial charge < -0.3 is 11.1 Å². The zero-order valence-electron chi connectivity index (χ0n) is 12.3. The lowest BCUT2D eigenvalue weighted by atomic mass is 9.88. The first-order chi connectivity index (χ1) is 9.85. The van der Waals surface area contributed by atoms with Gasteiger partial charge in [-0.15, -0.1) is 0 Å². The molecule has 0 aromatic heterocycles. The Kier molecular flexibility index (Phi) is 4.71. The fourth-order valence-corrected chi connectivity index (χ4v) is 3.33. The third-order valence-corrected chi connectivity index (χ3v) is 4.63. The van der Waals surface area contributed by atoms with Crippen LogP contribution < -0.4 is 11.1 Å². The molecule has 2 aliphatic rings. The summed E-state index contributed by atoms with van der Waals surface area (Å²) in [4.78, 5) is 2.53. The maximum absolute atomic E-state index is 5.76. The zero-order valence-corrected chi connectivity index (χ0v) is 12.3. The first-order valence-corrected chi connectivity index (χ1v) is 8.06. The molecule has 1 aliphatic carbocycles. The van der Waals surface area contributed by atoms with Gasteiger partial charge in [0, 0.05) is 32.2 Å². The van der Waals surface area contributed by atoms with Crippen molar-refractivity contribution >= 4 is 0 Å². The first-order valence-electron chi connectivity index (χ1n) is 8.06. The maximum Gasteiger partial charge on any atom is 0.0201 e. The molecule has 2 atom stereocenters. The van der Waals surface area contributed by atoms with Gasteiger partial charge in [-0.3, -0.25) is 4.90 Å². The molecule has 2 unspecified atom stereocenters. The molecule has 1 aromatic carbocycles. The molecular weight excluding hydrogens is 246 g/mol. The summed E-state index contributed by atoms with van der Waals surface area (Å²) in [6.07, 6.45) is 4.11. The van der Waals surface area contributed by atoms with E-state index in [0.29, 0.717) is 12.0 Å². The van der Waals surface area contributed by atoms with E-state index >= 15 is 0 Å². The van der Waals surface area contributed by atoms with Crippen LogP contribution in [0.25, 0.3) is 0 Å². The molecule has 3 heteroatoms. The van der Waals surface area contributed by atoms with Crippen LogP contribution in [0.1, 0.15) is 30.7 Å². The summed E-state index contributed by atoms with van der Waals surface area (Å²) in [6, 6.07) is 11.6. The van der Waals surface area contributed by atoms with Crippen LogP contribution in [0.4, 0.5) is 0 Å². The second-order valence-electron chi connectivity index (χ2n) is 6.44. The minimum Gasteiger partial charge on any atom is -0.329 e. The Morgan fingerprint density at radius 3 is 2.65 bits per heavy atom. The van der Waals surface area contributed by atoms with Crippen LogP contribution in [0, 0.1) is 5.92 Å². The van der Waals surface area contributed by atoms with Crippen LogP contribution in [0.2, 0.25) is 0 Å². The smallest absolute Gasteiger partial charge is 0.0201 e. The topological polar surface area (TPSA) is 41.3 Å². The van der Waals surface area contributed by atoms with E-state index in [1.165, 1.54) is 31.4 Å². The Bertz CT molecular complexity index is 402. The van der Waals surface area contributed by atoms with Crippen LogP contribution in [0.5, 0.6) is 0 Å². The molecule has 3 nitrogen and oxygen atoms in total. The highest BCUT2D eigenvalue weighted by Crippen LogP contribution is 2.30. The van der Waals surface area contributed by atoms with Gasteiger partial charge in [-0.1, -0.05) is 30.3 Å². The lowest BCUT2D eigenvalue weighted by Gasteiger charge is -2.38. The van der Waals surface area contributed by atoms with Crippen molar-refractivity contribution in [3.05, 3.63) is 35.9 Å². The van der Waals surface area contributed by atoms with Crippen LogP contribution in [-0.4, -0.2) is 43.7 Å². The Morgan fingerprint density at radius 2 is 1.95 bits per heavy atom. The maximum atomic E-state index is 5.76. The van der Waals surface area contributed by atoms with Gasteiger partial charge in [0.15, 0.2) is 0 Å². The Hall–Kier alpha value is -0.900. The van der Waals surface area contributed by atoms with Crippen LogP contribution in [0.3, 0.4) is 0 Å². The minimum absolute atomic E-state index is 0.626. The minimum atomic E-state index is 0.626. The number of likely N-dealkylation sites (tertiary alicyclic amines) is 1. The van der Waals surface area contributed by atoms with Crippen molar-refractivity contribution in [1.29, 1.82) is 0 Å². The molecular formula is C17H27N3. The zero-order chi connectivity index (χ0) is 13.8. The number of rotatable bonds is 6. The van der Waals surface area contributed by atoms with E-state index in [0.717, 1.165) is 32.1 Å². The SMILES string of the molecule is NCCN1CC(NCC2CC2)CC(c2ccccc2)C1. The number of hydrogen-bond acceptors (Lipinski definition) is 3. The predicted molar refractivity (Wildman–Crippen MR) is 83.8 cm³/mol. The Morgan fingerprint density at radius 1 is 1.15 bits per heavy atom. The fraction of sp³-hybridized carbons (Fsp3) is 0.647. The summed E-state index contributed by atoms with van der Waals surface area (Å²) in [7, 11) is 0. The Labute approximate surface area is 122 Å². The number of nitrogens with two attached hydrogens (primary N) is 1. The van der Waals surface area contributed by atoms with Gasteiger partial charge in [0.1, 0.15) is 0 Å². The number of hydrogen-bond donors (Lipinski definition) is 2. The van der Waals surface area contributed by atoms with E-state index in [4.69, 9.17) is 5.73 Å². The molecule has 3 rings (SSSR count). The fourth-order valence-electron chi connectivity index (χ4n) is 3.33. The predicted octanol–water partition coefficient (Wildman–Crippen LogP) is 1.80. The molecule has 1 aromatic rings. The van der Waals surface area contributed by atoms with Crippen molar-refractivity contribution in [1.82, 2.24) is 10.2 Å². The van der Waals surface area contributed by atoms with Gasteiger partial charge in [0.25, 0.3) is 0 Å². The first kappa shape index (κ1) is 14.1. The summed E-state index contributed by atoms with van der Waals surface area (Å²) >= 11 is 0. The lowest BCUT2D eigenvalue weighted by Crippen LogP contribution is -2.50. The largest absolute Gasteiger partial charge is 0.329 e. The van der Waals surface area contributed by atoms with E-state index in [1.54, 1.807) is 0 Å². The molecule has 3 N–H and O–H groups in total. The second kappa shape index (κ2) is 6.70. The molecule has 1 saturated heterocycles. The molecule has 0 amide bonds. The monoisotopic (exact) mass is 273 g/mol. The molecule has 0 radical (unpaired) electrons. The standard InChI is InChI=1S/C17H27N3/c18-8-9-20-12-16(15-4-2-1-3-5-15)10-17(13-20)19-11-14-6-7-14/h1-5,14,16-17,19H,6-13,18H2. The third-order valence-electron chi connectivity index (χ3n) is 4.63. The quantitative estimate of drug-likeness (QED) is 0.830. The summed E-state index contributed by atoms with van der Waals surface area (Å²) in [5, 5.41) is 3.79. The summed E-state index contributed by atoms with van der Waals surface area (Å²) < 4.78 is 0. The van der Waals surface area contributed by atoms with Crippen LogP contribution >= 0.6 is 0 Å². The normalized spacial score (nSPS) is 27.6. The molecule has 1 saturated carbocycles.